The SMILES string of the molecule is COc1ccccc1N1C(=O)OCC12CCNC2. The van der Waals surface area contributed by atoms with Crippen LogP contribution in [0.3, 0.4) is 0 Å². The number of amides is 1. The minimum atomic E-state index is -0.289. The highest BCUT2D eigenvalue weighted by molar-refractivity contribution is 5.93. The Kier molecular flexibility index (Phi) is 2.63. The van der Waals surface area contributed by atoms with E-state index in [4.69, 9.17) is 9.47 Å². The van der Waals surface area contributed by atoms with Crippen LogP contribution in [0.25, 0.3) is 0 Å². The summed E-state index contributed by atoms with van der Waals surface area (Å²) in [7, 11) is 1.61. The van der Waals surface area contributed by atoms with Gasteiger partial charge in [-0.25, -0.2) is 4.79 Å². The number of rotatable bonds is 2. The lowest BCUT2D eigenvalue weighted by Crippen LogP contribution is -2.49. The van der Waals surface area contributed by atoms with Gasteiger partial charge in [0.2, 0.25) is 0 Å². The van der Waals surface area contributed by atoms with E-state index in [9.17, 15) is 4.79 Å². The quantitative estimate of drug-likeness (QED) is 0.859. The molecule has 1 spiro atoms. The van der Waals surface area contributed by atoms with Crippen LogP contribution in [-0.4, -0.2) is 38.4 Å². The van der Waals surface area contributed by atoms with Crippen molar-refractivity contribution in [3.8, 4) is 5.75 Å². The first-order valence-electron chi connectivity index (χ1n) is 6.08. The molecule has 0 aromatic heterocycles. The molecule has 2 fully saturated rings. The fourth-order valence-electron chi connectivity index (χ4n) is 2.73. The molecule has 2 aliphatic heterocycles. The number of hydrogen-bond donors (Lipinski definition) is 1. The van der Waals surface area contributed by atoms with Gasteiger partial charge in [-0.3, -0.25) is 4.90 Å². The fraction of sp³-hybridized carbons (Fsp3) is 0.462. The minimum Gasteiger partial charge on any atom is -0.495 e. The minimum absolute atomic E-state index is 0.258. The second-order valence-corrected chi connectivity index (χ2v) is 4.71. The van der Waals surface area contributed by atoms with Crippen LogP contribution in [-0.2, 0) is 4.74 Å². The number of para-hydroxylation sites is 2. The number of cyclic esters (lactones) is 1. The molecule has 0 radical (unpaired) electrons. The van der Waals surface area contributed by atoms with E-state index >= 15 is 0 Å². The van der Waals surface area contributed by atoms with Gasteiger partial charge in [-0.05, 0) is 25.1 Å². The smallest absolute Gasteiger partial charge is 0.415 e. The van der Waals surface area contributed by atoms with Crippen LogP contribution in [0, 0.1) is 0 Å². The molecule has 1 N–H and O–H groups in total. The van der Waals surface area contributed by atoms with E-state index < -0.39 is 0 Å². The lowest BCUT2D eigenvalue weighted by molar-refractivity contribution is 0.174. The largest absolute Gasteiger partial charge is 0.495 e. The first kappa shape index (κ1) is 11.3. The monoisotopic (exact) mass is 248 g/mol. The number of methoxy groups -OCH3 is 1. The molecule has 1 aromatic carbocycles. The van der Waals surface area contributed by atoms with E-state index in [0.29, 0.717) is 12.4 Å². The van der Waals surface area contributed by atoms with E-state index in [1.807, 2.05) is 24.3 Å². The third-order valence-electron chi connectivity index (χ3n) is 3.67. The number of anilines is 1. The Balaban J connectivity index is 2.05. The van der Waals surface area contributed by atoms with Crippen LogP contribution in [0.15, 0.2) is 24.3 Å². The molecule has 0 bridgehead atoms. The summed E-state index contributed by atoms with van der Waals surface area (Å²) in [6.45, 7) is 2.11. The molecule has 1 atom stereocenters. The maximum atomic E-state index is 12.0. The number of benzene rings is 1. The van der Waals surface area contributed by atoms with Crippen LogP contribution in [0.1, 0.15) is 6.42 Å². The van der Waals surface area contributed by atoms with Gasteiger partial charge in [-0.1, -0.05) is 12.1 Å². The number of carbonyl (C=O) groups excluding carboxylic acids is 1. The standard InChI is InChI=1S/C13H16N2O3/c1-17-11-5-3-2-4-10(11)15-12(16)18-9-13(15)6-7-14-8-13/h2-5,14H,6-9H2,1H3. The Hall–Kier alpha value is -1.75. The van der Waals surface area contributed by atoms with E-state index in [2.05, 4.69) is 5.32 Å². The lowest BCUT2D eigenvalue weighted by Gasteiger charge is -2.31. The molecule has 1 aromatic rings. The molecule has 2 aliphatic rings. The third kappa shape index (κ3) is 1.54. The predicted molar refractivity (Wildman–Crippen MR) is 67.0 cm³/mol. The number of ether oxygens (including phenoxy) is 2. The Morgan fingerprint density at radius 2 is 2.28 bits per heavy atom. The Labute approximate surface area is 106 Å². The van der Waals surface area contributed by atoms with Crippen molar-refractivity contribution in [2.45, 2.75) is 12.0 Å². The van der Waals surface area contributed by atoms with Crippen molar-refractivity contribution in [3.63, 3.8) is 0 Å². The average Bonchev–Trinajstić information content (AvgIpc) is 2.99. The van der Waals surface area contributed by atoms with Crippen molar-refractivity contribution in [3.05, 3.63) is 24.3 Å². The lowest BCUT2D eigenvalue weighted by atomic mass is 9.98. The molecule has 2 saturated heterocycles. The summed E-state index contributed by atoms with van der Waals surface area (Å²) >= 11 is 0. The molecule has 1 amide bonds. The van der Waals surface area contributed by atoms with Crippen molar-refractivity contribution in [2.24, 2.45) is 0 Å². The average molecular weight is 248 g/mol. The highest BCUT2D eigenvalue weighted by Crippen LogP contribution is 2.39. The van der Waals surface area contributed by atoms with Gasteiger partial charge in [0, 0.05) is 6.54 Å². The summed E-state index contributed by atoms with van der Waals surface area (Å²) < 4.78 is 10.6. The van der Waals surface area contributed by atoms with Crippen molar-refractivity contribution in [1.82, 2.24) is 5.32 Å². The van der Waals surface area contributed by atoms with E-state index in [0.717, 1.165) is 25.2 Å². The van der Waals surface area contributed by atoms with Crippen molar-refractivity contribution < 1.29 is 14.3 Å². The van der Waals surface area contributed by atoms with Crippen LogP contribution < -0.4 is 15.0 Å². The first-order chi connectivity index (χ1) is 8.77. The van der Waals surface area contributed by atoms with Gasteiger partial charge in [0.25, 0.3) is 0 Å². The predicted octanol–water partition coefficient (Wildman–Crippen LogP) is 1.38. The van der Waals surface area contributed by atoms with Gasteiger partial charge in [-0.2, -0.15) is 0 Å². The zero-order chi connectivity index (χ0) is 12.6. The molecule has 5 nitrogen and oxygen atoms in total. The Morgan fingerprint density at radius 3 is 3.00 bits per heavy atom. The molecule has 3 rings (SSSR count). The Bertz CT molecular complexity index is 469. The summed E-state index contributed by atoms with van der Waals surface area (Å²) in [6.07, 6.45) is 0.611. The maximum Gasteiger partial charge on any atom is 0.415 e. The van der Waals surface area contributed by atoms with Gasteiger partial charge in [0.1, 0.15) is 12.4 Å². The second kappa shape index (κ2) is 4.17. The van der Waals surface area contributed by atoms with E-state index in [-0.39, 0.29) is 11.6 Å². The summed E-state index contributed by atoms with van der Waals surface area (Å²) in [6, 6.07) is 7.55. The van der Waals surface area contributed by atoms with Crippen molar-refractivity contribution in [2.75, 3.05) is 31.7 Å². The highest BCUT2D eigenvalue weighted by Gasteiger charge is 2.50. The van der Waals surface area contributed by atoms with Crippen LogP contribution in [0.2, 0.25) is 0 Å². The number of hydrogen-bond acceptors (Lipinski definition) is 4. The van der Waals surface area contributed by atoms with Crippen molar-refractivity contribution in [1.29, 1.82) is 0 Å². The molecule has 96 valence electrons. The van der Waals surface area contributed by atoms with Gasteiger partial charge in [-0.15, -0.1) is 0 Å². The van der Waals surface area contributed by atoms with Crippen LogP contribution in [0.4, 0.5) is 10.5 Å². The second-order valence-electron chi connectivity index (χ2n) is 4.71. The van der Waals surface area contributed by atoms with Gasteiger partial charge in [0.15, 0.2) is 0 Å². The van der Waals surface area contributed by atoms with Gasteiger partial charge < -0.3 is 14.8 Å². The summed E-state index contributed by atoms with van der Waals surface area (Å²) in [5, 5.41) is 3.30. The third-order valence-corrected chi connectivity index (χ3v) is 3.67. The molecule has 1 unspecified atom stereocenters. The van der Waals surface area contributed by atoms with Gasteiger partial charge in [0.05, 0.1) is 18.3 Å². The van der Waals surface area contributed by atoms with Gasteiger partial charge >= 0.3 is 6.09 Å². The molecular formula is C13H16N2O3. The Morgan fingerprint density at radius 1 is 1.44 bits per heavy atom. The molecule has 18 heavy (non-hydrogen) atoms. The summed E-state index contributed by atoms with van der Waals surface area (Å²) in [5.41, 5.74) is 0.525. The summed E-state index contributed by atoms with van der Waals surface area (Å²) in [4.78, 5) is 13.8. The molecular weight excluding hydrogens is 232 g/mol. The number of carbonyl (C=O) groups is 1. The normalized spacial score (nSPS) is 26.7. The number of nitrogens with one attached hydrogen (secondary N) is 1. The molecule has 2 heterocycles. The first-order valence-corrected chi connectivity index (χ1v) is 6.08. The molecule has 5 heteroatoms. The zero-order valence-corrected chi connectivity index (χ0v) is 10.3. The van der Waals surface area contributed by atoms with E-state index in [1.54, 1.807) is 12.0 Å². The molecule has 0 aliphatic carbocycles. The van der Waals surface area contributed by atoms with Crippen LogP contribution >= 0.6 is 0 Å². The topological polar surface area (TPSA) is 50.8 Å². The van der Waals surface area contributed by atoms with E-state index in [1.165, 1.54) is 0 Å². The van der Waals surface area contributed by atoms with Crippen LogP contribution in [0.5, 0.6) is 5.75 Å². The fourth-order valence-corrected chi connectivity index (χ4v) is 2.73. The zero-order valence-electron chi connectivity index (χ0n) is 10.3. The summed E-state index contributed by atoms with van der Waals surface area (Å²) in [5.74, 6) is 0.697. The van der Waals surface area contributed by atoms with Crippen molar-refractivity contribution >= 4 is 11.8 Å². The molecule has 0 saturated carbocycles. The highest BCUT2D eigenvalue weighted by atomic mass is 16.6. The maximum absolute atomic E-state index is 12.0. The number of nitrogens with zero attached hydrogens (tertiary/aromatic N) is 1.